The number of likely N-dealkylation sites (tertiary alicyclic amines) is 1. The molecule has 1 aromatic carbocycles. The molecular weight excluding hydrogens is 476 g/mol. The van der Waals surface area contributed by atoms with Crippen molar-refractivity contribution in [1.29, 1.82) is 5.26 Å². The van der Waals surface area contributed by atoms with Crippen LogP contribution in [-0.2, 0) is 25.3 Å². The summed E-state index contributed by atoms with van der Waals surface area (Å²) < 4.78 is 32.6. The van der Waals surface area contributed by atoms with Crippen molar-refractivity contribution in [3.63, 3.8) is 0 Å². The summed E-state index contributed by atoms with van der Waals surface area (Å²) in [6, 6.07) is 5.04. The van der Waals surface area contributed by atoms with E-state index in [0.29, 0.717) is 11.0 Å². The highest BCUT2D eigenvalue weighted by molar-refractivity contribution is 6.62. The molecule has 1 N–H and O–H groups in total. The molecule has 2 heterocycles. The normalized spacial score (nSPS) is 26.6. The van der Waals surface area contributed by atoms with Crippen molar-refractivity contribution in [2.75, 3.05) is 0 Å². The minimum absolute atomic E-state index is 0.00896. The summed E-state index contributed by atoms with van der Waals surface area (Å²) >= 11 is 0. The summed E-state index contributed by atoms with van der Waals surface area (Å²) in [5.41, 5.74) is -0.929. The summed E-state index contributed by atoms with van der Waals surface area (Å²) in [5.74, 6) is -0.885. The fourth-order valence-electron chi connectivity index (χ4n) is 5.36. The summed E-state index contributed by atoms with van der Waals surface area (Å²) in [7, 11) is -0.698. The van der Waals surface area contributed by atoms with Crippen molar-refractivity contribution >= 4 is 24.6 Å². The SMILES string of the molecule is CC(C)(C)OC(=O)N1C2CCC(C2)C1C(=O)NC(C#N)Cc1ccc(B2OC(C)(C)C(C)(C)O2)cc1F. The van der Waals surface area contributed by atoms with Gasteiger partial charge in [0, 0.05) is 12.5 Å². The number of ether oxygens (including phenoxy) is 1. The summed E-state index contributed by atoms with van der Waals surface area (Å²) in [6.45, 7) is 13.1. The van der Waals surface area contributed by atoms with E-state index in [9.17, 15) is 14.9 Å². The predicted octanol–water partition coefficient (Wildman–Crippen LogP) is 3.46. The van der Waals surface area contributed by atoms with E-state index >= 15 is 4.39 Å². The Bertz CT molecular complexity index is 1100. The Hall–Kier alpha value is -2.64. The molecule has 1 saturated carbocycles. The van der Waals surface area contributed by atoms with Crippen LogP contribution in [-0.4, -0.2) is 58.9 Å². The Morgan fingerprint density at radius 2 is 1.89 bits per heavy atom. The average Bonchev–Trinajstić information content (AvgIpc) is 3.44. The second-order valence-corrected chi connectivity index (χ2v) is 12.4. The molecule has 2 saturated heterocycles. The van der Waals surface area contributed by atoms with Crippen molar-refractivity contribution < 1.29 is 28.0 Å². The van der Waals surface area contributed by atoms with Crippen LogP contribution in [0.2, 0.25) is 0 Å². The molecule has 2 amide bonds. The van der Waals surface area contributed by atoms with Crippen LogP contribution in [0.1, 0.15) is 73.3 Å². The number of hydrogen-bond donors (Lipinski definition) is 1. The molecule has 1 aromatic rings. The number of hydrogen-bond acceptors (Lipinski definition) is 6. The molecule has 3 fully saturated rings. The number of rotatable bonds is 5. The zero-order chi connectivity index (χ0) is 27.3. The van der Waals surface area contributed by atoms with E-state index in [0.717, 1.165) is 19.3 Å². The molecule has 0 aromatic heterocycles. The van der Waals surface area contributed by atoms with E-state index in [4.69, 9.17) is 14.0 Å². The van der Waals surface area contributed by atoms with Gasteiger partial charge in [-0.15, -0.1) is 0 Å². The van der Waals surface area contributed by atoms with Gasteiger partial charge in [0.15, 0.2) is 0 Å². The highest BCUT2D eigenvalue weighted by Crippen LogP contribution is 2.43. The lowest BCUT2D eigenvalue weighted by Gasteiger charge is -2.35. The van der Waals surface area contributed by atoms with Crippen molar-refractivity contribution in [2.45, 2.75) is 109 Å². The van der Waals surface area contributed by atoms with Gasteiger partial charge in [0.25, 0.3) is 0 Å². The second-order valence-electron chi connectivity index (χ2n) is 12.4. The van der Waals surface area contributed by atoms with Crippen molar-refractivity contribution in [3.8, 4) is 6.07 Å². The van der Waals surface area contributed by atoms with Gasteiger partial charge >= 0.3 is 13.2 Å². The van der Waals surface area contributed by atoms with E-state index in [1.165, 1.54) is 11.0 Å². The third-order valence-electron chi connectivity index (χ3n) is 7.96. The van der Waals surface area contributed by atoms with E-state index in [1.54, 1.807) is 32.9 Å². The van der Waals surface area contributed by atoms with Gasteiger partial charge in [0.1, 0.15) is 23.5 Å². The van der Waals surface area contributed by atoms with Gasteiger partial charge in [-0.05, 0) is 90.7 Å². The number of halogens is 1. The lowest BCUT2D eigenvalue weighted by Crippen LogP contribution is -2.55. The molecule has 10 heteroatoms. The van der Waals surface area contributed by atoms with E-state index in [1.807, 2.05) is 27.7 Å². The Morgan fingerprint density at radius 1 is 1.24 bits per heavy atom. The molecular formula is C27H37BFN3O5. The van der Waals surface area contributed by atoms with E-state index in [-0.39, 0.29) is 18.4 Å². The molecule has 200 valence electrons. The second kappa shape index (κ2) is 9.59. The highest BCUT2D eigenvalue weighted by Gasteiger charge is 2.53. The largest absolute Gasteiger partial charge is 0.494 e. The molecule has 1 aliphatic carbocycles. The van der Waals surface area contributed by atoms with Gasteiger partial charge in [-0.2, -0.15) is 5.26 Å². The number of carbonyl (C=O) groups excluding carboxylic acids is 2. The van der Waals surface area contributed by atoms with Crippen LogP contribution in [0.25, 0.3) is 0 Å². The Morgan fingerprint density at radius 3 is 2.46 bits per heavy atom. The van der Waals surface area contributed by atoms with Crippen molar-refractivity contribution in [2.24, 2.45) is 5.92 Å². The van der Waals surface area contributed by atoms with Crippen LogP contribution in [0.15, 0.2) is 18.2 Å². The van der Waals surface area contributed by atoms with E-state index in [2.05, 4.69) is 11.4 Å². The number of benzene rings is 1. The fourth-order valence-corrected chi connectivity index (χ4v) is 5.36. The standard InChI is InChI=1S/C27H37BFN3O5/c1-25(2,3)35-24(34)32-20-11-9-17(13-20)22(32)23(33)31-19(15-30)12-16-8-10-18(14-21(16)29)28-36-26(4,5)27(6,7)37-28/h8,10,14,17,19-20,22H,9,11-13H2,1-7H3,(H,31,33). The molecule has 0 radical (unpaired) electrons. The number of nitrogens with zero attached hydrogens (tertiary/aromatic N) is 2. The first-order chi connectivity index (χ1) is 17.1. The van der Waals surface area contributed by atoms with Crippen LogP contribution in [0.4, 0.5) is 9.18 Å². The third-order valence-corrected chi connectivity index (χ3v) is 7.96. The Balaban J connectivity index is 1.43. The number of piperidine rings is 1. The van der Waals surface area contributed by atoms with Crippen LogP contribution in [0, 0.1) is 23.1 Å². The first-order valence-electron chi connectivity index (χ1n) is 13.0. The topological polar surface area (TPSA) is 101 Å². The first kappa shape index (κ1) is 27.4. The number of carbonyl (C=O) groups is 2. The van der Waals surface area contributed by atoms with Gasteiger partial charge in [-0.3, -0.25) is 9.69 Å². The minimum atomic E-state index is -0.954. The smallest absolute Gasteiger partial charge is 0.444 e. The summed E-state index contributed by atoms with van der Waals surface area (Å²) in [5, 5.41) is 12.5. The molecule has 3 aliphatic rings. The lowest BCUT2D eigenvalue weighted by molar-refractivity contribution is -0.128. The van der Waals surface area contributed by atoms with E-state index < -0.39 is 53.8 Å². The van der Waals surface area contributed by atoms with Crippen molar-refractivity contribution in [3.05, 3.63) is 29.6 Å². The number of fused-ring (bicyclic) bond motifs is 2. The van der Waals surface area contributed by atoms with Crippen molar-refractivity contribution in [1.82, 2.24) is 10.2 Å². The first-order valence-corrected chi connectivity index (χ1v) is 13.0. The molecule has 4 atom stereocenters. The number of amides is 2. The maximum Gasteiger partial charge on any atom is 0.494 e. The molecule has 2 bridgehead atoms. The summed E-state index contributed by atoms with van der Waals surface area (Å²) in [6.07, 6.45) is 1.89. The fraction of sp³-hybridized carbons (Fsp3) is 0.667. The maximum absolute atomic E-state index is 15.1. The quantitative estimate of drug-likeness (QED) is 0.606. The molecule has 4 unspecified atom stereocenters. The number of nitrogens with one attached hydrogen (secondary N) is 1. The van der Waals surface area contributed by atoms with Crippen LogP contribution >= 0.6 is 0 Å². The molecule has 8 nitrogen and oxygen atoms in total. The maximum atomic E-state index is 15.1. The van der Waals surface area contributed by atoms with Gasteiger partial charge in [0.2, 0.25) is 5.91 Å². The highest BCUT2D eigenvalue weighted by atomic mass is 19.1. The third kappa shape index (κ3) is 5.48. The predicted molar refractivity (Wildman–Crippen MR) is 136 cm³/mol. The Kier molecular flexibility index (Phi) is 7.10. The van der Waals surface area contributed by atoms with Crippen LogP contribution in [0.3, 0.4) is 0 Å². The Labute approximate surface area is 219 Å². The zero-order valence-corrected chi connectivity index (χ0v) is 22.8. The monoisotopic (exact) mass is 513 g/mol. The minimum Gasteiger partial charge on any atom is -0.444 e. The average molecular weight is 513 g/mol. The molecule has 4 rings (SSSR count). The number of nitriles is 1. The van der Waals surface area contributed by atoms with Gasteiger partial charge in [-0.1, -0.05) is 12.1 Å². The molecule has 37 heavy (non-hydrogen) atoms. The summed E-state index contributed by atoms with van der Waals surface area (Å²) in [4.78, 5) is 27.7. The molecule has 2 aliphatic heterocycles. The van der Waals surface area contributed by atoms with Crippen LogP contribution < -0.4 is 10.8 Å². The molecule has 0 spiro atoms. The van der Waals surface area contributed by atoms with Gasteiger partial charge in [-0.25, -0.2) is 9.18 Å². The zero-order valence-electron chi connectivity index (χ0n) is 22.8. The lowest BCUT2D eigenvalue weighted by atomic mass is 9.78. The van der Waals surface area contributed by atoms with Crippen LogP contribution in [0.5, 0.6) is 0 Å². The van der Waals surface area contributed by atoms with Gasteiger partial charge < -0.3 is 19.4 Å². The van der Waals surface area contributed by atoms with Gasteiger partial charge in [0.05, 0.1) is 17.3 Å².